The van der Waals surface area contributed by atoms with Gasteiger partial charge < -0.3 is 32.7 Å². The third-order valence-corrected chi connectivity index (χ3v) is 8.52. The van der Waals surface area contributed by atoms with Gasteiger partial charge in [0.2, 0.25) is 29.5 Å². The smallest absolute Gasteiger partial charge is 0.243 e. The van der Waals surface area contributed by atoms with Gasteiger partial charge in [0.25, 0.3) is 0 Å². The first-order valence-electron chi connectivity index (χ1n) is 17.0. The standard InChI is InChI=1S/C35H58N6O5/c1-21(2)17-26(36)32(43)39-28(19-24-13-9-7-10-14-24)33(44)40-29(20-25-15-11-8-12-16-25)34(45)41-30(23(5)6)35(46)38-27(31(37)42)18-22(3)4/h7,9-10,13-14,21-23,25-30H,8,11-12,15-20,36H2,1-6H3,(H2,37,42)(H,38,46)(H,39,43)(H,40,44)(H,41,45)/t26-,27-,28-,29-,30-/m1/s1. The highest BCUT2D eigenvalue weighted by atomic mass is 16.2. The Morgan fingerprint density at radius 2 is 1.24 bits per heavy atom. The Labute approximate surface area is 275 Å². The van der Waals surface area contributed by atoms with Crippen molar-refractivity contribution in [3.05, 3.63) is 35.9 Å². The topological polar surface area (TPSA) is 186 Å². The molecule has 0 aromatic heterocycles. The third kappa shape index (κ3) is 13.5. The number of rotatable bonds is 18. The van der Waals surface area contributed by atoms with Crippen molar-refractivity contribution in [3.63, 3.8) is 0 Å². The van der Waals surface area contributed by atoms with E-state index >= 15 is 0 Å². The Kier molecular flexibility index (Phi) is 16.2. The van der Waals surface area contributed by atoms with Gasteiger partial charge in [-0.05, 0) is 48.5 Å². The van der Waals surface area contributed by atoms with E-state index in [1.807, 2.05) is 58.0 Å². The molecule has 0 heterocycles. The minimum atomic E-state index is -0.966. The molecule has 0 aliphatic heterocycles. The van der Waals surface area contributed by atoms with Gasteiger partial charge in [-0.2, -0.15) is 0 Å². The van der Waals surface area contributed by atoms with Crippen LogP contribution in [0.4, 0.5) is 0 Å². The first kappa shape index (κ1) is 38.7. The molecule has 1 aliphatic carbocycles. The zero-order valence-electron chi connectivity index (χ0n) is 28.6. The third-order valence-electron chi connectivity index (χ3n) is 8.52. The van der Waals surface area contributed by atoms with Gasteiger partial charge in [0.1, 0.15) is 24.2 Å². The van der Waals surface area contributed by atoms with Crippen molar-refractivity contribution in [2.45, 2.75) is 130 Å². The van der Waals surface area contributed by atoms with Crippen LogP contribution >= 0.6 is 0 Å². The second kappa shape index (κ2) is 19.3. The molecule has 0 radical (unpaired) electrons. The second-order valence-corrected chi connectivity index (χ2v) is 14.1. The summed E-state index contributed by atoms with van der Waals surface area (Å²) >= 11 is 0. The van der Waals surface area contributed by atoms with Gasteiger partial charge in [-0.15, -0.1) is 0 Å². The summed E-state index contributed by atoms with van der Waals surface area (Å²) in [7, 11) is 0. The van der Waals surface area contributed by atoms with Gasteiger partial charge in [0.15, 0.2) is 0 Å². The fourth-order valence-corrected chi connectivity index (χ4v) is 5.98. The van der Waals surface area contributed by atoms with Crippen LogP contribution in [0.2, 0.25) is 0 Å². The lowest BCUT2D eigenvalue weighted by Gasteiger charge is -2.31. The minimum Gasteiger partial charge on any atom is -0.368 e. The molecule has 0 saturated heterocycles. The lowest BCUT2D eigenvalue weighted by atomic mass is 9.84. The number of hydrogen-bond acceptors (Lipinski definition) is 6. The van der Waals surface area contributed by atoms with E-state index in [0.717, 1.165) is 37.7 Å². The molecule has 11 nitrogen and oxygen atoms in total. The van der Waals surface area contributed by atoms with Crippen molar-refractivity contribution >= 4 is 29.5 Å². The first-order chi connectivity index (χ1) is 21.7. The van der Waals surface area contributed by atoms with E-state index in [1.54, 1.807) is 13.8 Å². The Morgan fingerprint density at radius 3 is 1.78 bits per heavy atom. The fourth-order valence-electron chi connectivity index (χ4n) is 5.98. The SMILES string of the molecule is CC(C)C[C@@H](N)C(=O)N[C@H](Cc1ccccc1)C(=O)N[C@H](CC1CCCCC1)C(=O)N[C@@H](C(=O)N[C@H](CC(C)C)C(N)=O)C(C)C. The van der Waals surface area contributed by atoms with Gasteiger partial charge in [-0.1, -0.05) is 104 Å². The molecule has 1 aromatic carbocycles. The van der Waals surface area contributed by atoms with E-state index in [9.17, 15) is 24.0 Å². The Morgan fingerprint density at radius 1 is 0.696 bits per heavy atom. The highest BCUT2D eigenvalue weighted by molar-refractivity contribution is 5.96. The molecule has 0 spiro atoms. The molecule has 1 aromatic rings. The molecule has 1 aliphatic rings. The molecule has 1 saturated carbocycles. The molecule has 5 atom stereocenters. The predicted octanol–water partition coefficient (Wildman–Crippen LogP) is 2.70. The van der Waals surface area contributed by atoms with Crippen LogP contribution in [0.25, 0.3) is 0 Å². The van der Waals surface area contributed by atoms with Crippen molar-refractivity contribution in [1.29, 1.82) is 0 Å². The van der Waals surface area contributed by atoms with Crippen LogP contribution in [-0.2, 0) is 30.4 Å². The summed E-state index contributed by atoms with van der Waals surface area (Å²) in [6.45, 7) is 11.4. The number of amides is 5. The van der Waals surface area contributed by atoms with Gasteiger partial charge >= 0.3 is 0 Å². The van der Waals surface area contributed by atoms with Crippen LogP contribution in [-0.4, -0.2) is 59.7 Å². The molecular formula is C35H58N6O5. The summed E-state index contributed by atoms with van der Waals surface area (Å²) in [5.74, 6) is -2.35. The number of hydrogen-bond donors (Lipinski definition) is 6. The van der Waals surface area contributed by atoms with Crippen molar-refractivity contribution in [2.24, 2.45) is 35.1 Å². The van der Waals surface area contributed by atoms with Gasteiger partial charge in [-0.3, -0.25) is 24.0 Å². The molecule has 0 unspecified atom stereocenters. The predicted molar refractivity (Wildman–Crippen MR) is 180 cm³/mol. The number of primary amides is 1. The normalized spacial score (nSPS) is 17.1. The zero-order valence-corrected chi connectivity index (χ0v) is 28.6. The van der Waals surface area contributed by atoms with E-state index in [4.69, 9.17) is 11.5 Å². The average Bonchev–Trinajstić information content (AvgIpc) is 2.98. The van der Waals surface area contributed by atoms with Crippen LogP contribution in [0.1, 0.15) is 98.5 Å². The van der Waals surface area contributed by atoms with Gasteiger partial charge in [-0.25, -0.2) is 0 Å². The molecule has 46 heavy (non-hydrogen) atoms. The summed E-state index contributed by atoms with van der Waals surface area (Å²) in [5.41, 5.74) is 12.5. The number of nitrogens with one attached hydrogen (secondary N) is 4. The summed E-state index contributed by atoms with van der Waals surface area (Å²) in [5, 5.41) is 11.3. The van der Waals surface area contributed by atoms with E-state index < -0.39 is 59.7 Å². The lowest BCUT2D eigenvalue weighted by molar-refractivity contribution is -0.135. The minimum absolute atomic E-state index is 0.115. The fraction of sp³-hybridized carbons (Fsp3) is 0.686. The Hall–Kier alpha value is -3.47. The molecular weight excluding hydrogens is 584 g/mol. The number of benzene rings is 1. The number of nitrogens with two attached hydrogens (primary N) is 2. The van der Waals surface area contributed by atoms with E-state index in [2.05, 4.69) is 21.3 Å². The van der Waals surface area contributed by atoms with E-state index in [0.29, 0.717) is 19.3 Å². The lowest BCUT2D eigenvalue weighted by Crippen LogP contribution is -2.60. The maximum absolute atomic E-state index is 13.9. The maximum atomic E-state index is 13.9. The van der Waals surface area contributed by atoms with Crippen molar-refractivity contribution < 1.29 is 24.0 Å². The average molecular weight is 643 g/mol. The Balaban J connectivity index is 2.31. The molecule has 0 bridgehead atoms. The van der Waals surface area contributed by atoms with Crippen LogP contribution in [0, 0.1) is 23.7 Å². The number of carbonyl (C=O) groups is 5. The quantitative estimate of drug-likeness (QED) is 0.143. The number of carbonyl (C=O) groups excluding carboxylic acids is 5. The van der Waals surface area contributed by atoms with Crippen LogP contribution in [0.3, 0.4) is 0 Å². The highest BCUT2D eigenvalue weighted by Crippen LogP contribution is 2.27. The van der Waals surface area contributed by atoms with Crippen LogP contribution < -0.4 is 32.7 Å². The molecule has 1 fully saturated rings. The Bertz CT molecular complexity index is 1140. The van der Waals surface area contributed by atoms with Crippen LogP contribution in [0.15, 0.2) is 30.3 Å². The van der Waals surface area contributed by atoms with E-state index in [1.165, 1.54) is 0 Å². The second-order valence-electron chi connectivity index (χ2n) is 14.1. The summed E-state index contributed by atoms with van der Waals surface area (Å²) in [4.78, 5) is 66.2. The van der Waals surface area contributed by atoms with Gasteiger partial charge in [0.05, 0.1) is 6.04 Å². The molecule has 8 N–H and O–H groups in total. The van der Waals surface area contributed by atoms with Crippen molar-refractivity contribution in [1.82, 2.24) is 21.3 Å². The highest BCUT2D eigenvalue weighted by Gasteiger charge is 2.34. The summed E-state index contributed by atoms with van der Waals surface area (Å²) < 4.78 is 0. The maximum Gasteiger partial charge on any atom is 0.243 e. The largest absolute Gasteiger partial charge is 0.368 e. The first-order valence-corrected chi connectivity index (χ1v) is 17.0. The van der Waals surface area contributed by atoms with Crippen molar-refractivity contribution in [3.8, 4) is 0 Å². The molecule has 11 heteroatoms. The molecule has 258 valence electrons. The monoisotopic (exact) mass is 642 g/mol. The summed E-state index contributed by atoms with van der Waals surface area (Å²) in [6, 6.07) is 4.82. The molecule has 5 amide bonds. The van der Waals surface area contributed by atoms with Crippen LogP contribution in [0.5, 0.6) is 0 Å². The van der Waals surface area contributed by atoms with E-state index in [-0.39, 0.29) is 30.1 Å². The zero-order chi connectivity index (χ0) is 34.4. The molecule has 2 rings (SSSR count). The summed E-state index contributed by atoms with van der Waals surface area (Å²) in [6.07, 6.45) is 6.57. The van der Waals surface area contributed by atoms with Gasteiger partial charge in [0, 0.05) is 6.42 Å². The van der Waals surface area contributed by atoms with Crippen molar-refractivity contribution in [2.75, 3.05) is 0 Å².